The number of rotatable bonds is 4. The van der Waals surface area contributed by atoms with E-state index >= 15 is 0 Å². The molecular formula is C13H10BrClO4. The molecule has 0 unspecified atom stereocenters. The van der Waals surface area contributed by atoms with Crippen LogP contribution in [0.1, 0.15) is 16.1 Å². The molecule has 0 saturated carbocycles. The van der Waals surface area contributed by atoms with Crippen molar-refractivity contribution in [1.29, 1.82) is 0 Å². The van der Waals surface area contributed by atoms with E-state index in [0.29, 0.717) is 21.5 Å². The lowest BCUT2D eigenvalue weighted by atomic mass is 10.1. The van der Waals surface area contributed by atoms with Crippen molar-refractivity contribution in [2.75, 3.05) is 14.2 Å². The molecule has 100 valence electrons. The molecule has 0 bridgehead atoms. The van der Waals surface area contributed by atoms with Gasteiger partial charge in [0.05, 0.1) is 19.8 Å². The lowest BCUT2D eigenvalue weighted by Crippen LogP contribution is -2.04. The molecule has 0 fully saturated rings. The topological polar surface area (TPSA) is 48.7 Å². The molecule has 0 radical (unpaired) electrons. The summed E-state index contributed by atoms with van der Waals surface area (Å²) in [4.78, 5) is 12.3. The Morgan fingerprint density at radius 1 is 1.21 bits per heavy atom. The Labute approximate surface area is 123 Å². The maximum absolute atomic E-state index is 12.3. The second-order valence-corrected chi connectivity index (χ2v) is 4.76. The standard InChI is InChI=1S/C13H10BrClO4/c1-17-8-4-3-7(13(18-2)11(8)14)12(16)9-5-6-10(15)19-9/h3-6H,1-2H3. The highest BCUT2D eigenvalue weighted by molar-refractivity contribution is 9.10. The first-order valence-corrected chi connectivity index (χ1v) is 6.46. The van der Waals surface area contributed by atoms with Crippen LogP contribution in [0.5, 0.6) is 11.5 Å². The Bertz CT molecular complexity index is 621. The monoisotopic (exact) mass is 344 g/mol. The van der Waals surface area contributed by atoms with Crippen LogP contribution < -0.4 is 9.47 Å². The molecule has 0 N–H and O–H groups in total. The zero-order chi connectivity index (χ0) is 14.0. The fraction of sp³-hybridized carbons (Fsp3) is 0.154. The minimum atomic E-state index is -0.313. The molecule has 0 aliphatic rings. The van der Waals surface area contributed by atoms with Gasteiger partial charge in [-0.2, -0.15) is 0 Å². The van der Waals surface area contributed by atoms with Gasteiger partial charge in [0.2, 0.25) is 5.78 Å². The van der Waals surface area contributed by atoms with E-state index in [-0.39, 0.29) is 16.8 Å². The second kappa shape index (κ2) is 5.67. The lowest BCUT2D eigenvalue weighted by molar-refractivity contribution is 0.101. The molecule has 0 spiro atoms. The maximum atomic E-state index is 12.3. The van der Waals surface area contributed by atoms with Crippen molar-refractivity contribution in [3.05, 3.63) is 45.3 Å². The van der Waals surface area contributed by atoms with E-state index in [0.717, 1.165) is 0 Å². The van der Waals surface area contributed by atoms with Crippen molar-refractivity contribution in [2.24, 2.45) is 0 Å². The van der Waals surface area contributed by atoms with E-state index < -0.39 is 0 Å². The summed E-state index contributed by atoms with van der Waals surface area (Å²) in [5, 5.41) is 0.162. The van der Waals surface area contributed by atoms with Crippen molar-refractivity contribution in [1.82, 2.24) is 0 Å². The van der Waals surface area contributed by atoms with E-state index in [1.54, 1.807) is 12.1 Å². The van der Waals surface area contributed by atoms with Gasteiger partial charge in [-0.1, -0.05) is 0 Å². The van der Waals surface area contributed by atoms with Gasteiger partial charge >= 0.3 is 0 Å². The smallest absolute Gasteiger partial charge is 0.232 e. The number of benzene rings is 1. The van der Waals surface area contributed by atoms with Crippen molar-refractivity contribution in [2.45, 2.75) is 0 Å². The molecule has 2 aromatic rings. The normalized spacial score (nSPS) is 10.3. The van der Waals surface area contributed by atoms with Crippen molar-refractivity contribution in [3.8, 4) is 11.5 Å². The third-order valence-corrected chi connectivity index (χ3v) is 3.48. The average Bonchev–Trinajstić information content (AvgIpc) is 2.84. The van der Waals surface area contributed by atoms with Gasteiger partial charge in [-0.15, -0.1) is 0 Å². The highest BCUT2D eigenvalue weighted by Gasteiger charge is 2.21. The van der Waals surface area contributed by atoms with Crippen molar-refractivity contribution < 1.29 is 18.7 Å². The van der Waals surface area contributed by atoms with E-state index in [4.69, 9.17) is 25.5 Å². The zero-order valence-electron chi connectivity index (χ0n) is 10.2. The molecule has 0 aliphatic heterocycles. The number of ether oxygens (including phenoxy) is 2. The first-order valence-electron chi connectivity index (χ1n) is 5.29. The Morgan fingerprint density at radius 2 is 1.95 bits per heavy atom. The largest absolute Gasteiger partial charge is 0.495 e. The van der Waals surface area contributed by atoms with Crippen LogP contribution >= 0.6 is 27.5 Å². The Morgan fingerprint density at radius 3 is 2.47 bits per heavy atom. The first kappa shape index (κ1) is 14.0. The van der Waals surface area contributed by atoms with Crippen molar-refractivity contribution in [3.63, 3.8) is 0 Å². The molecule has 0 aliphatic carbocycles. The quantitative estimate of drug-likeness (QED) is 0.787. The number of furan rings is 1. The lowest BCUT2D eigenvalue weighted by Gasteiger charge is -2.11. The van der Waals surface area contributed by atoms with Crippen LogP contribution in [0.25, 0.3) is 0 Å². The molecule has 0 atom stereocenters. The van der Waals surface area contributed by atoms with Gasteiger partial charge in [-0.25, -0.2) is 0 Å². The van der Waals surface area contributed by atoms with Gasteiger partial charge in [0.15, 0.2) is 11.0 Å². The second-order valence-electron chi connectivity index (χ2n) is 3.60. The van der Waals surface area contributed by atoms with Crippen LogP contribution in [0.15, 0.2) is 33.2 Å². The van der Waals surface area contributed by atoms with Gasteiger partial charge in [-0.05, 0) is 51.8 Å². The molecule has 2 rings (SSSR count). The van der Waals surface area contributed by atoms with Crippen LogP contribution in [0.4, 0.5) is 0 Å². The molecule has 0 amide bonds. The highest BCUT2D eigenvalue weighted by Crippen LogP contribution is 2.38. The van der Waals surface area contributed by atoms with Crippen LogP contribution in [-0.2, 0) is 0 Å². The van der Waals surface area contributed by atoms with Crippen molar-refractivity contribution >= 4 is 33.3 Å². The summed E-state index contributed by atoms with van der Waals surface area (Å²) in [5.74, 6) is 0.801. The molecular weight excluding hydrogens is 335 g/mol. The third-order valence-electron chi connectivity index (χ3n) is 2.53. The number of carbonyl (C=O) groups excluding carboxylic acids is 1. The summed E-state index contributed by atoms with van der Waals surface area (Å²) in [6.45, 7) is 0. The van der Waals surface area contributed by atoms with Gasteiger partial charge in [0.25, 0.3) is 0 Å². The summed E-state index contributed by atoms with van der Waals surface area (Å²) >= 11 is 9.00. The fourth-order valence-electron chi connectivity index (χ4n) is 1.64. The number of ketones is 1. The number of carbonyl (C=O) groups is 1. The maximum Gasteiger partial charge on any atom is 0.232 e. The van der Waals surface area contributed by atoms with Gasteiger partial charge < -0.3 is 13.9 Å². The van der Waals surface area contributed by atoms with Gasteiger partial charge in [-0.3, -0.25) is 4.79 Å². The summed E-state index contributed by atoms with van der Waals surface area (Å²) in [6.07, 6.45) is 0. The molecule has 6 heteroatoms. The number of methoxy groups -OCH3 is 2. The highest BCUT2D eigenvalue weighted by atomic mass is 79.9. The minimum Gasteiger partial charge on any atom is -0.495 e. The van der Waals surface area contributed by atoms with E-state index in [9.17, 15) is 4.79 Å². The van der Waals surface area contributed by atoms with Crippen LogP contribution in [0.2, 0.25) is 5.22 Å². The van der Waals surface area contributed by atoms with Gasteiger partial charge in [0.1, 0.15) is 16.0 Å². The van der Waals surface area contributed by atoms with E-state index in [1.807, 2.05) is 0 Å². The van der Waals surface area contributed by atoms with E-state index in [2.05, 4.69) is 15.9 Å². The predicted molar refractivity (Wildman–Crippen MR) is 74.4 cm³/mol. The molecule has 1 heterocycles. The van der Waals surface area contributed by atoms with Crippen LogP contribution in [0.3, 0.4) is 0 Å². The van der Waals surface area contributed by atoms with Gasteiger partial charge in [0, 0.05) is 0 Å². The predicted octanol–water partition coefficient (Wildman–Crippen LogP) is 3.94. The summed E-state index contributed by atoms with van der Waals surface area (Å²) < 4.78 is 16.1. The Hall–Kier alpha value is -1.46. The number of halogens is 2. The minimum absolute atomic E-state index is 0.153. The van der Waals surface area contributed by atoms with Crippen LogP contribution in [0, 0.1) is 0 Å². The number of hydrogen-bond donors (Lipinski definition) is 0. The number of hydrogen-bond acceptors (Lipinski definition) is 4. The summed E-state index contributed by atoms with van der Waals surface area (Å²) in [6, 6.07) is 6.31. The third kappa shape index (κ3) is 2.62. The molecule has 19 heavy (non-hydrogen) atoms. The Balaban J connectivity index is 2.50. The summed E-state index contributed by atoms with van der Waals surface area (Å²) in [7, 11) is 3.01. The molecule has 1 aromatic heterocycles. The summed E-state index contributed by atoms with van der Waals surface area (Å²) in [5.41, 5.74) is 0.362. The molecule has 4 nitrogen and oxygen atoms in total. The van der Waals surface area contributed by atoms with Crippen LogP contribution in [-0.4, -0.2) is 20.0 Å². The fourth-order valence-corrected chi connectivity index (χ4v) is 2.46. The average molecular weight is 346 g/mol. The Kier molecular flexibility index (Phi) is 4.17. The molecule has 0 saturated heterocycles. The molecule has 1 aromatic carbocycles. The zero-order valence-corrected chi connectivity index (χ0v) is 12.5. The van der Waals surface area contributed by atoms with E-state index in [1.165, 1.54) is 26.4 Å². The first-order chi connectivity index (χ1) is 9.08. The SMILES string of the molecule is COc1ccc(C(=O)c2ccc(Cl)o2)c(OC)c1Br.